The molecule has 0 unspecified atom stereocenters. The Morgan fingerprint density at radius 3 is 2.46 bits per heavy atom. The van der Waals surface area contributed by atoms with E-state index in [-0.39, 0.29) is 5.91 Å². The van der Waals surface area contributed by atoms with E-state index in [1.54, 1.807) is 13.1 Å². The average Bonchev–Trinajstić information content (AvgIpc) is 2.74. The van der Waals surface area contributed by atoms with E-state index >= 15 is 0 Å². The standard InChI is InChI=1S/C24H26N2O2/c1-3-15-26(17-23-9-4-5-14-25-23)24(28)22-8-6-7-21(16-22)20-12-10-19(11-13-20)18(2)27/h4-14,16,18,27H,3,15,17H2,1-2H3/t18-/m1/s1. The maximum Gasteiger partial charge on any atom is 0.254 e. The third-order valence-corrected chi connectivity index (χ3v) is 4.70. The lowest BCUT2D eigenvalue weighted by molar-refractivity contribution is 0.0741. The summed E-state index contributed by atoms with van der Waals surface area (Å²) in [4.78, 5) is 19.3. The van der Waals surface area contributed by atoms with Crippen molar-refractivity contribution in [1.29, 1.82) is 0 Å². The molecule has 0 aliphatic rings. The highest BCUT2D eigenvalue weighted by Crippen LogP contribution is 2.23. The van der Waals surface area contributed by atoms with Crippen LogP contribution in [0.5, 0.6) is 0 Å². The highest BCUT2D eigenvalue weighted by atomic mass is 16.3. The molecule has 28 heavy (non-hydrogen) atoms. The van der Waals surface area contributed by atoms with Gasteiger partial charge in [0.2, 0.25) is 0 Å². The first kappa shape index (κ1) is 19.8. The summed E-state index contributed by atoms with van der Waals surface area (Å²) in [5, 5.41) is 9.68. The topological polar surface area (TPSA) is 53.4 Å². The van der Waals surface area contributed by atoms with Gasteiger partial charge in [0.05, 0.1) is 18.3 Å². The molecular formula is C24H26N2O2. The summed E-state index contributed by atoms with van der Waals surface area (Å²) in [6.45, 7) is 5.00. The van der Waals surface area contributed by atoms with Crippen molar-refractivity contribution in [2.75, 3.05) is 6.54 Å². The van der Waals surface area contributed by atoms with Crippen LogP contribution in [0.4, 0.5) is 0 Å². The Morgan fingerprint density at radius 1 is 1.04 bits per heavy atom. The smallest absolute Gasteiger partial charge is 0.254 e. The lowest BCUT2D eigenvalue weighted by Crippen LogP contribution is -2.31. The highest BCUT2D eigenvalue weighted by molar-refractivity contribution is 5.95. The van der Waals surface area contributed by atoms with Gasteiger partial charge in [0.25, 0.3) is 5.91 Å². The molecule has 0 spiro atoms. The van der Waals surface area contributed by atoms with Crippen molar-refractivity contribution in [3.8, 4) is 11.1 Å². The monoisotopic (exact) mass is 374 g/mol. The van der Waals surface area contributed by atoms with Crippen LogP contribution in [-0.2, 0) is 6.54 Å². The minimum absolute atomic E-state index is 0.00922. The van der Waals surface area contributed by atoms with Crippen LogP contribution in [0.2, 0.25) is 0 Å². The first-order valence-corrected chi connectivity index (χ1v) is 9.66. The lowest BCUT2D eigenvalue weighted by atomic mass is 10.00. The van der Waals surface area contributed by atoms with Crippen molar-refractivity contribution in [3.63, 3.8) is 0 Å². The molecule has 4 nitrogen and oxygen atoms in total. The quantitative estimate of drug-likeness (QED) is 0.643. The molecule has 0 fully saturated rings. The summed E-state index contributed by atoms with van der Waals surface area (Å²) in [5.74, 6) is 0.00922. The van der Waals surface area contributed by atoms with Gasteiger partial charge in [0.1, 0.15) is 0 Å². The van der Waals surface area contributed by atoms with Crippen LogP contribution in [0, 0.1) is 0 Å². The van der Waals surface area contributed by atoms with E-state index in [1.165, 1.54) is 0 Å². The predicted octanol–water partition coefficient (Wildman–Crippen LogP) is 4.85. The van der Waals surface area contributed by atoms with Gasteiger partial charge in [0, 0.05) is 18.3 Å². The molecule has 1 atom stereocenters. The van der Waals surface area contributed by atoms with Crippen LogP contribution in [0.1, 0.15) is 48.0 Å². The van der Waals surface area contributed by atoms with Crippen LogP contribution in [0.15, 0.2) is 72.9 Å². The third kappa shape index (κ3) is 4.84. The van der Waals surface area contributed by atoms with Crippen molar-refractivity contribution in [3.05, 3.63) is 89.7 Å². The van der Waals surface area contributed by atoms with Gasteiger partial charge in [0.15, 0.2) is 0 Å². The molecule has 1 heterocycles. The summed E-state index contributed by atoms with van der Waals surface area (Å²) in [6, 6.07) is 21.2. The molecule has 2 aromatic carbocycles. The van der Waals surface area contributed by atoms with Crippen LogP contribution in [-0.4, -0.2) is 27.4 Å². The molecule has 0 bridgehead atoms. The van der Waals surface area contributed by atoms with Crippen molar-refractivity contribution in [2.45, 2.75) is 32.9 Å². The molecule has 0 saturated carbocycles. The zero-order chi connectivity index (χ0) is 19.9. The number of carbonyl (C=O) groups excluding carboxylic acids is 1. The molecular weight excluding hydrogens is 348 g/mol. The molecule has 0 radical (unpaired) electrons. The maximum atomic E-state index is 13.1. The number of amides is 1. The Balaban J connectivity index is 1.83. The van der Waals surface area contributed by atoms with E-state index in [9.17, 15) is 9.90 Å². The minimum atomic E-state index is -0.490. The number of benzene rings is 2. The van der Waals surface area contributed by atoms with Crippen molar-refractivity contribution in [2.24, 2.45) is 0 Å². The summed E-state index contributed by atoms with van der Waals surface area (Å²) in [5.41, 5.74) is 4.43. The number of pyridine rings is 1. The van der Waals surface area contributed by atoms with Gasteiger partial charge in [-0.2, -0.15) is 0 Å². The fourth-order valence-electron chi connectivity index (χ4n) is 3.18. The van der Waals surface area contributed by atoms with Gasteiger partial charge in [-0.1, -0.05) is 49.4 Å². The normalized spacial score (nSPS) is 11.8. The summed E-state index contributed by atoms with van der Waals surface area (Å²) < 4.78 is 0. The highest BCUT2D eigenvalue weighted by Gasteiger charge is 2.16. The number of carbonyl (C=O) groups is 1. The minimum Gasteiger partial charge on any atom is -0.389 e. The van der Waals surface area contributed by atoms with E-state index in [1.807, 2.05) is 71.6 Å². The zero-order valence-electron chi connectivity index (χ0n) is 16.4. The van der Waals surface area contributed by atoms with Gasteiger partial charge in [-0.15, -0.1) is 0 Å². The molecule has 0 aliphatic carbocycles. The van der Waals surface area contributed by atoms with Crippen LogP contribution in [0.25, 0.3) is 11.1 Å². The number of aromatic nitrogens is 1. The largest absolute Gasteiger partial charge is 0.389 e. The van der Waals surface area contributed by atoms with Crippen LogP contribution < -0.4 is 0 Å². The van der Waals surface area contributed by atoms with Gasteiger partial charge in [-0.25, -0.2) is 0 Å². The molecule has 1 aromatic heterocycles. The molecule has 3 aromatic rings. The van der Waals surface area contributed by atoms with Crippen LogP contribution in [0.3, 0.4) is 0 Å². The molecule has 1 N–H and O–H groups in total. The van der Waals surface area contributed by atoms with E-state index in [4.69, 9.17) is 0 Å². The van der Waals surface area contributed by atoms with Gasteiger partial charge < -0.3 is 10.0 Å². The number of hydrogen-bond acceptors (Lipinski definition) is 3. The second-order valence-corrected chi connectivity index (χ2v) is 6.93. The summed E-state index contributed by atoms with van der Waals surface area (Å²) >= 11 is 0. The zero-order valence-corrected chi connectivity index (χ0v) is 16.4. The number of hydrogen-bond donors (Lipinski definition) is 1. The molecule has 3 rings (SSSR count). The fourth-order valence-corrected chi connectivity index (χ4v) is 3.18. The fraction of sp³-hybridized carbons (Fsp3) is 0.250. The van der Waals surface area contributed by atoms with Gasteiger partial charge in [-0.3, -0.25) is 9.78 Å². The first-order valence-electron chi connectivity index (χ1n) is 9.66. The van der Waals surface area contributed by atoms with Crippen molar-refractivity contribution in [1.82, 2.24) is 9.88 Å². The average molecular weight is 374 g/mol. The van der Waals surface area contributed by atoms with Crippen molar-refractivity contribution < 1.29 is 9.90 Å². The Kier molecular flexibility index (Phi) is 6.56. The summed E-state index contributed by atoms with van der Waals surface area (Å²) in [7, 11) is 0. The predicted molar refractivity (Wildman–Crippen MR) is 112 cm³/mol. The van der Waals surface area contributed by atoms with Crippen molar-refractivity contribution >= 4 is 5.91 Å². The van der Waals surface area contributed by atoms with E-state index in [0.717, 1.165) is 28.8 Å². The Labute approximate surface area is 166 Å². The Bertz CT molecular complexity index is 905. The van der Waals surface area contributed by atoms with Gasteiger partial charge in [-0.05, 0) is 54.3 Å². The van der Waals surface area contributed by atoms with E-state index < -0.39 is 6.10 Å². The molecule has 0 aliphatic heterocycles. The third-order valence-electron chi connectivity index (χ3n) is 4.70. The second kappa shape index (κ2) is 9.29. The van der Waals surface area contributed by atoms with Crippen LogP contribution >= 0.6 is 0 Å². The lowest BCUT2D eigenvalue weighted by Gasteiger charge is -2.22. The maximum absolute atomic E-state index is 13.1. The first-order chi connectivity index (χ1) is 13.6. The van der Waals surface area contributed by atoms with Gasteiger partial charge >= 0.3 is 0 Å². The molecule has 1 amide bonds. The van der Waals surface area contributed by atoms with E-state index in [2.05, 4.69) is 11.9 Å². The molecule has 0 saturated heterocycles. The number of aliphatic hydroxyl groups excluding tert-OH is 1. The number of rotatable bonds is 7. The SMILES string of the molecule is CCCN(Cc1ccccn1)C(=O)c1cccc(-c2ccc([C@@H](C)O)cc2)c1. The Morgan fingerprint density at radius 2 is 1.82 bits per heavy atom. The molecule has 4 heteroatoms. The molecule has 144 valence electrons. The number of nitrogens with zero attached hydrogens (tertiary/aromatic N) is 2. The summed E-state index contributed by atoms with van der Waals surface area (Å²) in [6.07, 6.45) is 2.15. The number of aliphatic hydroxyl groups is 1. The van der Waals surface area contributed by atoms with E-state index in [0.29, 0.717) is 18.7 Å². The Hall–Kier alpha value is -2.98. The second-order valence-electron chi connectivity index (χ2n) is 6.93.